The van der Waals surface area contributed by atoms with Crippen molar-refractivity contribution >= 4 is 35.4 Å². The zero-order chi connectivity index (χ0) is 21.5. The van der Waals surface area contributed by atoms with Crippen LogP contribution in [0.4, 0.5) is 29.2 Å². The molecule has 4 aromatic rings. The Morgan fingerprint density at radius 1 is 0.645 bits per heavy atom. The van der Waals surface area contributed by atoms with Crippen molar-refractivity contribution in [3.63, 3.8) is 0 Å². The maximum Gasteiger partial charge on any atom is 0.250 e. The summed E-state index contributed by atoms with van der Waals surface area (Å²) < 4.78 is 0. The van der Waals surface area contributed by atoms with Crippen LogP contribution in [0.5, 0.6) is 11.5 Å². The summed E-state index contributed by atoms with van der Waals surface area (Å²) in [6, 6.07) is 23.4. The van der Waals surface area contributed by atoms with Crippen molar-refractivity contribution in [3.8, 4) is 11.5 Å². The summed E-state index contributed by atoms with van der Waals surface area (Å²) in [5.41, 5.74) is 5.00. The minimum atomic E-state index is -0.229. The average molecular weight is 413 g/mol. The van der Waals surface area contributed by atoms with Crippen molar-refractivity contribution in [2.45, 2.75) is 0 Å². The van der Waals surface area contributed by atoms with Gasteiger partial charge < -0.3 is 20.8 Å². The highest BCUT2D eigenvalue weighted by Gasteiger charge is 2.07. The van der Waals surface area contributed by atoms with Crippen LogP contribution in [0, 0.1) is 0 Å². The second-order valence-corrected chi connectivity index (χ2v) is 6.41. The van der Waals surface area contributed by atoms with E-state index in [-0.39, 0.29) is 17.4 Å². The number of phenols is 2. The quantitative estimate of drug-likeness (QED) is 0.173. The molecule has 0 aliphatic heterocycles. The predicted octanol–water partition coefficient (Wildman–Crippen LogP) is 4.22. The third-order valence-corrected chi connectivity index (χ3v) is 4.07. The van der Waals surface area contributed by atoms with Gasteiger partial charge in [0.1, 0.15) is 0 Å². The second kappa shape index (κ2) is 9.23. The number of para-hydroxylation sites is 2. The Hall–Kier alpha value is -4.66. The molecule has 5 N–H and O–H groups in total. The highest BCUT2D eigenvalue weighted by Crippen LogP contribution is 2.24. The Bertz CT molecular complexity index is 1130. The molecule has 0 spiro atoms. The zero-order valence-electron chi connectivity index (χ0n) is 16.3. The van der Waals surface area contributed by atoms with Gasteiger partial charge >= 0.3 is 0 Å². The molecule has 0 aliphatic rings. The van der Waals surface area contributed by atoms with E-state index in [2.05, 4.69) is 36.1 Å². The summed E-state index contributed by atoms with van der Waals surface area (Å²) in [6.07, 6.45) is 1.47. The summed E-state index contributed by atoms with van der Waals surface area (Å²) in [5.74, 6) is 0.453. The van der Waals surface area contributed by atoms with Crippen LogP contribution in [0.15, 0.2) is 84.0 Å². The number of nitrogens with zero attached hydrogens (tertiary/aromatic N) is 4. The molecular formula is C22H19N7O2. The van der Waals surface area contributed by atoms with E-state index in [4.69, 9.17) is 0 Å². The Balaban J connectivity index is 1.57. The molecule has 0 fully saturated rings. The van der Waals surface area contributed by atoms with Gasteiger partial charge in [0.2, 0.25) is 17.8 Å². The van der Waals surface area contributed by atoms with E-state index in [0.29, 0.717) is 17.5 Å². The topological polar surface area (TPSA) is 128 Å². The van der Waals surface area contributed by atoms with Gasteiger partial charge in [-0.05, 0) is 48.0 Å². The summed E-state index contributed by atoms with van der Waals surface area (Å²) in [4.78, 5) is 13.1. The molecule has 0 bridgehead atoms. The minimum absolute atomic E-state index is 0.198. The number of hydrogen-bond acceptors (Lipinski definition) is 9. The largest absolute Gasteiger partial charge is 0.504 e. The third kappa shape index (κ3) is 5.45. The van der Waals surface area contributed by atoms with Crippen LogP contribution >= 0.6 is 0 Å². The van der Waals surface area contributed by atoms with Crippen LogP contribution < -0.4 is 16.1 Å². The number of anilines is 5. The monoisotopic (exact) mass is 413 g/mol. The average Bonchev–Trinajstić information content (AvgIpc) is 2.77. The van der Waals surface area contributed by atoms with E-state index < -0.39 is 0 Å². The molecule has 3 aromatic carbocycles. The standard InChI is InChI=1S/C22H19N7O2/c30-18-12-11-15(13-19(18)31)14-23-29-22-27-20(24-16-7-3-1-4-8-16)26-21(28-22)25-17-9-5-2-6-10-17/h1-14,30-31H,(H3,24,25,26,27,28,29)/b23-14-. The zero-order valence-corrected chi connectivity index (χ0v) is 16.3. The molecular weight excluding hydrogens is 394 g/mol. The van der Waals surface area contributed by atoms with E-state index in [0.717, 1.165) is 11.4 Å². The van der Waals surface area contributed by atoms with Crippen LogP contribution in [0.2, 0.25) is 0 Å². The van der Waals surface area contributed by atoms with Gasteiger partial charge in [0.15, 0.2) is 11.5 Å². The first-order chi connectivity index (χ1) is 15.2. The Morgan fingerprint density at radius 2 is 1.19 bits per heavy atom. The minimum Gasteiger partial charge on any atom is -0.504 e. The van der Waals surface area contributed by atoms with Crippen LogP contribution in [0.25, 0.3) is 0 Å². The lowest BCUT2D eigenvalue weighted by Crippen LogP contribution is -2.07. The van der Waals surface area contributed by atoms with Gasteiger partial charge in [-0.3, -0.25) is 0 Å². The molecule has 0 aliphatic carbocycles. The fraction of sp³-hybridized carbons (Fsp3) is 0. The molecule has 4 rings (SSSR count). The molecule has 1 heterocycles. The maximum atomic E-state index is 9.59. The number of hydrazone groups is 1. The molecule has 0 atom stereocenters. The fourth-order valence-corrected chi connectivity index (χ4v) is 2.62. The van der Waals surface area contributed by atoms with Crippen molar-refractivity contribution in [1.29, 1.82) is 0 Å². The molecule has 0 radical (unpaired) electrons. The number of hydrogen-bond donors (Lipinski definition) is 5. The number of aromatic hydroxyl groups is 2. The summed E-state index contributed by atoms with van der Waals surface area (Å²) in [7, 11) is 0. The Kier molecular flexibility index (Phi) is 5.85. The number of aromatic nitrogens is 3. The number of benzene rings is 3. The summed E-state index contributed by atoms with van der Waals surface area (Å²) in [5, 5.41) is 29.4. The maximum absolute atomic E-state index is 9.59. The van der Waals surface area contributed by atoms with Gasteiger partial charge in [-0.1, -0.05) is 36.4 Å². The number of nitrogens with one attached hydrogen (secondary N) is 3. The Labute approximate surface area is 178 Å². The molecule has 1 aromatic heterocycles. The van der Waals surface area contributed by atoms with Gasteiger partial charge in [-0.2, -0.15) is 20.1 Å². The van der Waals surface area contributed by atoms with Crippen molar-refractivity contribution in [1.82, 2.24) is 15.0 Å². The first kappa shape index (κ1) is 19.6. The lowest BCUT2D eigenvalue weighted by molar-refractivity contribution is 0.403. The highest BCUT2D eigenvalue weighted by molar-refractivity contribution is 5.81. The second-order valence-electron chi connectivity index (χ2n) is 6.41. The van der Waals surface area contributed by atoms with E-state index in [1.807, 2.05) is 60.7 Å². The van der Waals surface area contributed by atoms with Gasteiger partial charge in [0.25, 0.3) is 0 Å². The van der Waals surface area contributed by atoms with Crippen LogP contribution in [-0.2, 0) is 0 Å². The van der Waals surface area contributed by atoms with Crippen molar-refractivity contribution in [2.24, 2.45) is 5.10 Å². The number of phenolic OH excluding ortho intramolecular Hbond substituents is 2. The lowest BCUT2D eigenvalue weighted by Gasteiger charge is -2.10. The van der Waals surface area contributed by atoms with Crippen molar-refractivity contribution in [2.75, 3.05) is 16.1 Å². The predicted molar refractivity (Wildman–Crippen MR) is 120 cm³/mol. The molecule has 154 valence electrons. The van der Waals surface area contributed by atoms with Crippen molar-refractivity contribution in [3.05, 3.63) is 84.4 Å². The first-order valence-corrected chi connectivity index (χ1v) is 9.37. The molecule has 9 nitrogen and oxygen atoms in total. The lowest BCUT2D eigenvalue weighted by atomic mass is 10.2. The SMILES string of the molecule is Oc1ccc(/C=N\Nc2nc(Nc3ccccc3)nc(Nc3ccccc3)n2)cc1O. The fourth-order valence-electron chi connectivity index (χ4n) is 2.62. The smallest absolute Gasteiger partial charge is 0.250 e. The number of rotatable bonds is 7. The van der Waals surface area contributed by atoms with Gasteiger partial charge in [-0.15, -0.1) is 0 Å². The van der Waals surface area contributed by atoms with Crippen LogP contribution in [-0.4, -0.2) is 31.4 Å². The van der Waals surface area contributed by atoms with Gasteiger partial charge in [0, 0.05) is 11.4 Å². The highest BCUT2D eigenvalue weighted by atomic mass is 16.3. The summed E-state index contributed by atoms with van der Waals surface area (Å²) in [6.45, 7) is 0. The van der Waals surface area contributed by atoms with E-state index in [1.54, 1.807) is 6.07 Å². The van der Waals surface area contributed by atoms with E-state index in [9.17, 15) is 10.2 Å². The van der Waals surface area contributed by atoms with Crippen LogP contribution in [0.1, 0.15) is 5.56 Å². The van der Waals surface area contributed by atoms with Gasteiger partial charge in [-0.25, -0.2) is 5.43 Å². The normalized spacial score (nSPS) is 10.7. The molecule has 31 heavy (non-hydrogen) atoms. The van der Waals surface area contributed by atoms with Crippen LogP contribution in [0.3, 0.4) is 0 Å². The Morgan fingerprint density at radius 3 is 1.74 bits per heavy atom. The van der Waals surface area contributed by atoms with Crippen molar-refractivity contribution < 1.29 is 10.2 Å². The van der Waals surface area contributed by atoms with Gasteiger partial charge in [0.05, 0.1) is 6.21 Å². The van der Waals surface area contributed by atoms with E-state index in [1.165, 1.54) is 18.3 Å². The molecule has 0 amide bonds. The summed E-state index contributed by atoms with van der Waals surface area (Å²) >= 11 is 0. The molecule has 0 saturated carbocycles. The molecule has 9 heteroatoms. The van der Waals surface area contributed by atoms with E-state index >= 15 is 0 Å². The molecule has 0 unspecified atom stereocenters. The molecule has 0 saturated heterocycles. The first-order valence-electron chi connectivity index (χ1n) is 9.37. The third-order valence-electron chi connectivity index (χ3n) is 4.07.